The standard InChI is InChI=1S/C57H35N/c1-2-16-39(17-3-1)58-52-34-33-36-15-4-5-18-41(36)55(52)56-45-22-7-6-19-42(45)47(35-53(56)58)38-31-29-37(30-32-38)40-24-14-28-51-54(40)46-23-10-13-27-50(46)57(51)48-25-11-8-20-43(48)44-21-9-12-26-49(44)57/h1-35H. The van der Waals surface area contributed by atoms with Crippen LogP contribution in [0.4, 0.5) is 0 Å². The topological polar surface area (TPSA) is 4.93 Å². The molecule has 2 aliphatic rings. The van der Waals surface area contributed by atoms with Crippen molar-refractivity contribution >= 4 is 43.4 Å². The van der Waals surface area contributed by atoms with Gasteiger partial charge < -0.3 is 4.57 Å². The maximum Gasteiger partial charge on any atom is 0.0725 e. The van der Waals surface area contributed by atoms with Crippen molar-refractivity contribution in [1.82, 2.24) is 4.57 Å². The van der Waals surface area contributed by atoms with Crippen LogP contribution in [0.25, 0.3) is 93.5 Å². The molecule has 0 unspecified atom stereocenters. The first-order chi connectivity index (χ1) is 28.8. The lowest BCUT2D eigenvalue weighted by molar-refractivity contribution is 0.794. The average Bonchev–Trinajstić information content (AvgIpc) is 3.91. The highest BCUT2D eigenvalue weighted by Crippen LogP contribution is 2.64. The molecule has 10 aromatic carbocycles. The average molecular weight is 734 g/mol. The van der Waals surface area contributed by atoms with E-state index in [2.05, 4.69) is 217 Å². The first kappa shape index (κ1) is 31.7. The number of rotatable bonds is 3. The van der Waals surface area contributed by atoms with Gasteiger partial charge in [-0.1, -0.05) is 188 Å². The molecular weight excluding hydrogens is 699 g/mol. The minimum absolute atomic E-state index is 0.355. The third-order valence-corrected chi connectivity index (χ3v) is 13.2. The quantitative estimate of drug-likeness (QED) is 0.170. The third-order valence-electron chi connectivity index (χ3n) is 13.2. The lowest BCUT2D eigenvalue weighted by Crippen LogP contribution is -2.25. The summed E-state index contributed by atoms with van der Waals surface area (Å²) in [6.07, 6.45) is 0. The second kappa shape index (κ2) is 11.8. The minimum atomic E-state index is -0.355. The van der Waals surface area contributed by atoms with E-state index in [0.717, 1.165) is 5.69 Å². The highest BCUT2D eigenvalue weighted by molar-refractivity contribution is 6.30. The zero-order valence-electron chi connectivity index (χ0n) is 31.7. The number of hydrogen-bond donors (Lipinski definition) is 0. The SMILES string of the molecule is c1ccc(-n2c3ccc4ccccc4c3c3c4ccccc4c(-c4ccc(-c5cccc6c5-c5ccccc5C65c6ccccc6-c6ccccc65)cc4)cc32)cc1. The van der Waals surface area contributed by atoms with Crippen molar-refractivity contribution in [3.05, 3.63) is 235 Å². The Hall–Kier alpha value is -7.48. The second-order valence-electron chi connectivity index (χ2n) is 15.9. The Balaban J connectivity index is 1.03. The van der Waals surface area contributed by atoms with Gasteiger partial charge in [0, 0.05) is 16.5 Å². The summed E-state index contributed by atoms with van der Waals surface area (Å²) in [4.78, 5) is 0. The molecule has 1 heterocycles. The van der Waals surface area contributed by atoms with E-state index in [9.17, 15) is 0 Å². The smallest absolute Gasteiger partial charge is 0.0725 e. The summed E-state index contributed by atoms with van der Waals surface area (Å²) in [7, 11) is 0. The van der Waals surface area contributed by atoms with Gasteiger partial charge in [0.1, 0.15) is 0 Å². The van der Waals surface area contributed by atoms with Gasteiger partial charge in [-0.05, 0) is 113 Å². The van der Waals surface area contributed by atoms with E-state index in [0.29, 0.717) is 0 Å². The normalized spacial score (nSPS) is 13.3. The van der Waals surface area contributed by atoms with Gasteiger partial charge in [0.05, 0.1) is 16.4 Å². The first-order valence-electron chi connectivity index (χ1n) is 20.3. The molecule has 2 aliphatic carbocycles. The third kappa shape index (κ3) is 4.05. The summed E-state index contributed by atoms with van der Waals surface area (Å²) >= 11 is 0. The van der Waals surface area contributed by atoms with Gasteiger partial charge >= 0.3 is 0 Å². The number of hydrogen-bond acceptors (Lipinski definition) is 0. The Morgan fingerprint density at radius 2 is 0.828 bits per heavy atom. The van der Waals surface area contributed by atoms with Crippen molar-refractivity contribution in [2.45, 2.75) is 5.41 Å². The molecule has 1 spiro atoms. The van der Waals surface area contributed by atoms with Crippen LogP contribution in [-0.2, 0) is 5.41 Å². The van der Waals surface area contributed by atoms with Crippen LogP contribution >= 0.6 is 0 Å². The van der Waals surface area contributed by atoms with Gasteiger partial charge in [-0.2, -0.15) is 0 Å². The number of para-hydroxylation sites is 1. The fraction of sp³-hybridized carbons (Fsp3) is 0.0175. The molecule has 1 nitrogen and oxygen atoms in total. The molecule has 0 saturated carbocycles. The Kier molecular flexibility index (Phi) is 6.43. The molecule has 58 heavy (non-hydrogen) atoms. The zero-order valence-corrected chi connectivity index (χ0v) is 31.7. The fourth-order valence-electron chi connectivity index (χ4n) is 10.9. The molecule has 0 aliphatic heterocycles. The van der Waals surface area contributed by atoms with E-state index < -0.39 is 0 Å². The van der Waals surface area contributed by atoms with E-state index in [1.54, 1.807) is 0 Å². The Morgan fingerprint density at radius 1 is 0.310 bits per heavy atom. The molecule has 268 valence electrons. The predicted octanol–water partition coefficient (Wildman–Crippen LogP) is 14.8. The molecule has 13 rings (SSSR count). The molecule has 0 N–H and O–H groups in total. The summed E-state index contributed by atoms with van der Waals surface area (Å²) in [6, 6.07) is 79.1. The van der Waals surface area contributed by atoms with Gasteiger partial charge in [-0.25, -0.2) is 0 Å². The Morgan fingerprint density at radius 3 is 1.55 bits per heavy atom. The largest absolute Gasteiger partial charge is 0.309 e. The summed E-state index contributed by atoms with van der Waals surface area (Å²) < 4.78 is 2.46. The van der Waals surface area contributed by atoms with Crippen LogP contribution in [-0.4, -0.2) is 4.57 Å². The lowest BCUT2D eigenvalue weighted by atomic mass is 9.70. The highest BCUT2D eigenvalue weighted by atomic mass is 15.0. The molecule has 0 bridgehead atoms. The van der Waals surface area contributed by atoms with Crippen LogP contribution in [0.5, 0.6) is 0 Å². The number of benzene rings is 10. The highest BCUT2D eigenvalue weighted by Gasteiger charge is 2.51. The number of aromatic nitrogens is 1. The van der Waals surface area contributed by atoms with Gasteiger partial charge in [0.15, 0.2) is 0 Å². The molecule has 0 fully saturated rings. The Bertz CT molecular complexity index is 3450. The van der Waals surface area contributed by atoms with Crippen LogP contribution in [0.2, 0.25) is 0 Å². The summed E-state index contributed by atoms with van der Waals surface area (Å²) in [5, 5.41) is 7.68. The molecule has 0 saturated heterocycles. The predicted molar refractivity (Wildman–Crippen MR) is 243 cm³/mol. The molecule has 11 aromatic rings. The van der Waals surface area contributed by atoms with Crippen LogP contribution in [0, 0.1) is 0 Å². The molecule has 1 heteroatoms. The molecule has 1 aromatic heterocycles. The van der Waals surface area contributed by atoms with Gasteiger partial charge in [0.2, 0.25) is 0 Å². The maximum atomic E-state index is 2.46. The van der Waals surface area contributed by atoms with Crippen molar-refractivity contribution < 1.29 is 0 Å². The van der Waals surface area contributed by atoms with E-state index >= 15 is 0 Å². The van der Waals surface area contributed by atoms with Gasteiger partial charge in [-0.15, -0.1) is 0 Å². The number of nitrogens with zero attached hydrogens (tertiary/aromatic N) is 1. The molecule has 0 amide bonds. The van der Waals surface area contributed by atoms with Crippen LogP contribution in [0.15, 0.2) is 212 Å². The zero-order chi connectivity index (χ0) is 38.0. The summed E-state index contributed by atoms with van der Waals surface area (Å²) in [5.41, 5.74) is 19.0. The van der Waals surface area contributed by atoms with Crippen molar-refractivity contribution in [3.8, 4) is 50.2 Å². The van der Waals surface area contributed by atoms with Crippen LogP contribution in [0.1, 0.15) is 22.3 Å². The second-order valence-corrected chi connectivity index (χ2v) is 15.9. The van der Waals surface area contributed by atoms with Crippen LogP contribution < -0.4 is 0 Å². The monoisotopic (exact) mass is 733 g/mol. The van der Waals surface area contributed by atoms with E-state index in [-0.39, 0.29) is 5.41 Å². The van der Waals surface area contributed by atoms with Crippen molar-refractivity contribution in [2.24, 2.45) is 0 Å². The summed E-state index contributed by atoms with van der Waals surface area (Å²) in [5.74, 6) is 0. The van der Waals surface area contributed by atoms with Gasteiger partial charge in [0.25, 0.3) is 0 Å². The molecule has 0 atom stereocenters. The molecular formula is C57H35N. The van der Waals surface area contributed by atoms with E-state index in [4.69, 9.17) is 0 Å². The minimum Gasteiger partial charge on any atom is -0.309 e. The number of fused-ring (bicyclic) bond motifs is 17. The Labute approximate surface area is 336 Å². The van der Waals surface area contributed by atoms with Crippen molar-refractivity contribution in [3.63, 3.8) is 0 Å². The first-order valence-corrected chi connectivity index (χ1v) is 20.3. The lowest BCUT2D eigenvalue weighted by Gasteiger charge is -2.30. The maximum absolute atomic E-state index is 2.46. The summed E-state index contributed by atoms with van der Waals surface area (Å²) in [6.45, 7) is 0. The molecule has 0 radical (unpaired) electrons. The van der Waals surface area contributed by atoms with Crippen molar-refractivity contribution in [1.29, 1.82) is 0 Å². The van der Waals surface area contributed by atoms with E-state index in [1.807, 2.05) is 0 Å². The van der Waals surface area contributed by atoms with Crippen LogP contribution in [0.3, 0.4) is 0 Å². The van der Waals surface area contributed by atoms with Crippen molar-refractivity contribution in [2.75, 3.05) is 0 Å². The van der Waals surface area contributed by atoms with E-state index in [1.165, 1.54) is 110 Å². The van der Waals surface area contributed by atoms with Gasteiger partial charge in [-0.3, -0.25) is 0 Å². The fourth-order valence-corrected chi connectivity index (χ4v) is 10.9.